The molecule has 3 aromatic carbocycles. The standard InChI is InChI=1S/C29H28F6N2O3/c30-22-8-6-20(7-9-22)28(16-18-4-2-1-3-5-18,37-17-36-24-10-19(11-24)12-26(38)39)21-13-23(31)15-25(14-21)40-29(34,35)27(32)33/h1-9,13-15,19,24,27,36-37H,10-12,16-17H2,(H,38,39)/t19?,24?,28-/m1/s1. The zero-order valence-electron chi connectivity index (χ0n) is 21.2. The average molecular weight is 567 g/mol. The van der Waals surface area contributed by atoms with Gasteiger partial charge in [-0.15, -0.1) is 0 Å². The summed E-state index contributed by atoms with van der Waals surface area (Å²) in [5, 5.41) is 15.6. The van der Waals surface area contributed by atoms with E-state index in [1.165, 1.54) is 24.3 Å². The van der Waals surface area contributed by atoms with Gasteiger partial charge in [-0.1, -0.05) is 42.5 Å². The van der Waals surface area contributed by atoms with Gasteiger partial charge in [0.15, 0.2) is 0 Å². The number of carboxylic acid groups (broad SMARTS) is 1. The molecule has 0 amide bonds. The molecular weight excluding hydrogens is 538 g/mol. The predicted molar refractivity (Wildman–Crippen MR) is 135 cm³/mol. The Balaban J connectivity index is 1.72. The minimum absolute atomic E-state index is 0.00984. The summed E-state index contributed by atoms with van der Waals surface area (Å²) in [4.78, 5) is 11.0. The molecule has 1 aliphatic carbocycles. The summed E-state index contributed by atoms with van der Waals surface area (Å²) in [6.45, 7) is 0.120. The number of aliphatic carboxylic acids is 1. The number of ether oxygens (including phenoxy) is 1. The van der Waals surface area contributed by atoms with Crippen LogP contribution in [0.1, 0.15) is 36.0 Å². The van der Waals surface area contributed by atoms with E-state index in [0.717, 1.165) is 17.7 Å². The number of hydrogen-bond acceptors (Lipinski definition) is 4. The molecule has 0 unspecified atom stereocenters. The van der Waals surface area contributed by atoms with Crippen molar-refractivity contribution in [2.45, 2.75) is 49.8 Å². The van der Waals surface area contributed by atoms with E-state index in [0.29, 0.717) is 24.5 Å². The maximum Gasteiger partial charge on any atom is 0.461 e. The number of carbonyl (C=O) groups is 1. The monoisotopic (exact) mass is 566 g/mol. The van der Waals surface area contributed by atoms with Crippen molar-refractivity contribution in [3.8, 4) is 5.75 Å². The Hall–Kier alpha value is -3.57. The molecule has 0 radical (unpaired) electrons. The Morgan fingerprint density at radius 1 is 0.950 bits per heavy atom. The summed E-state index contributed by atoms with van der Waals surface area (Å²) >= 11 is 0. The van der Waals surface area contributed by atoms with E-state index in [1.807, 2.05) is 0 Å². The number of hydrogen-bond donors (Lipinski definition) is 3. The fourth-order valence-electron chi connectivity index (χ4n) is 5.01. The van der Waals surface area contributed by atoms with Crippen molar-refractivity contribution in [3.05, 3.63) is 101 Å². The van der Waals surface area contributed by atoms with E-state index in [-0.39, 0.29) is 37.0 Å². The van der Waals surface area contributed by atoms with Crippen LogP contribution in [-0.2, 0) is 16.8 Å². The first-order valence-corrected chi connectivity index (χ1v) is 12.6. The third-order valence-corrected chi connectivity index (χ3v) is 7.00. The Morgan fingerprint density at radius 3 is 2.25 bits per heavy atom. The second-order valence-corrected chi connectivity index (χ2v) is 9.90. The molecule has 3 N–H and O–H groups in total. The Morgan fingerprint density at radius 2 is 1.62 bits per heavy atom. The van der Waals surface area contributed by atoms with Gasteiger partial charge < -0.3 is 15.2 Å². The van der Waals surface area contributed by atoms with E-state index < -0.39 is 41.4 Å². The summed E-state index contributed by atoms with van der Waals surface area (Å²) in [5.41, 5.74) is -0.0579. The maximum atomic E-state index is 14.9. The first kappa shape index (κ1) is 29.4. The van der Waals surface area contributed by atoms with Crippen LogP contribution < -0.4 is 15.4 Å². The third kappa shape index (κ3) is 7.14. The van der Waals surface area contributed by atoms with Crippen LogP contribution in [0.15, 0.2) is 72.8 Å². The Labute approximate surface area is 227 Å². The molecular formula is C29H28F6N2O3. The van der Waals surface area contributed by atoms with Crippen LogP contribution in [0.25, 0.3) is 0 Å². The first-order chi connectivity index (χ1) is 19.0. The van der Waals surface area contributed by atoms with Crippen LogP contribution >= 0.6 is 0 Å². The fourth-order valence-corrected chi connectivity index (χ4v) is 5.01. The lowest BCUT2D eigenvalue weighted by Gasteiger charge is -2.40. The third-order valence-electron chi connectivity index (χ3n) is 7.00. The average Bonchev–Trinajstić information content (AvgIpc) is 2.86. The summed E-state index contributed by atoms with van der Waals surface area (Å²) in [6.07, 6.45) is -7.52. The van der Waals surface area contributed by atoms with Gasteiger partial charge in [0.05, 0.1) is 5.54 Å². The van der Waals surface area contributed by atoms with Crippen LogP contribution in [0, 0.1) is 17.6 Å². The van der Waals surface area contributed by atoms with Crippen molar-refractivity contribution in [3.63, 3.8) is 0 Å². The smallest absolute Gasteiger partial charge is 0.461 e. The molecule has 1 saturated carbocycles. The molecule has 1 aliphatic rings. The highest BCUT2D eigenvalue weighted by Crippen LogP contribution is 2.38. The van der Waals surface area contributed by atoms with Gasteiger partial charge in [-0.3, -0.25) is 10.1 Å². The van der Waals surface area contributed by atoms with Crippen LogP contribution in [0.5, 0.6) is 5.75 Å². The summed E-state index contributed by atoms with van der Waals surface area (Å²) in [5.74, 6) is -3.16. The molecule has 0 bridgehead atoms. The molecule has 11 heteroatoms. The second kappa shape index (κ2) is 12.3. The van der Waals surface area contributed by atoms with Crippen molar-refractivity contribution in [1.29, 1.82) is 0 Å². The highest BCUT2D eigenvalue weighted by molar-refractivity contribution is 5.67. The summed E-state index contributed by atoms with van der Waals surface area (Å²) < 4.78 is 86.2. The van der Waals surface area contributed by atoms with E-state index in [1.54, 1.807) is 30.3 Å². The lowest BCUT2D eigenvalue weighted by molar-refractivity contribution is -0.253. The van der Waals surface area contributed by atoms with Gasteiger partial charge in [-0.25, -0.2) is 8.78 Å². The molecule has 0 spiro atoms. The van der Waals surface area contributed by atoms with Crippen LogP contribution in [-0.4, -0.2) is 36.3 Å². The minimum Gasteiger partial charge on any atom is -0.481 e. The predicted octanol–water partition coefficient (Wildman–Crippen LogP) is 6.08. The molecule has 5 nitrogen and oxygen atoms in total. The van der Waals surface area contributed by atoms with Gasteiger partial charge >= 0.3 is 18.5 Å². The van der Waals surface area contributed by atoms with Crippen molar-refractivity contribution in [2.75, 3.05) is 6.67 Å². The van der Waals surface area contributed by atoms with Crippen molar-refractivity contribution >= 4 is 5.97 Å². The van der Waals surface area contributed by atoms with Gasteiger partial charge in [-0.2, -0.15) is 17.6 Å². The Kier molecular flexibility index (Phi) is 9.05. The molecule has 1 atom stereocenters. The largest absolute Gasteiger partial charge is 0.481 e. The summed E-state index contributed by atoms with van der Waals surface area (Å²) in [7, 11) is 0. The van der Waals surface area contributed by atoms with Crippen molar-refractivity contribution < 1.29 is 41.0 Å². The van der Waals surface area contributed by atoms with E-state index in [4.69, 9.17) is 5.11 Å². The maximum absolute atomic E-state index is 14.9. The van der Waals surface area contributed by atoms with E-state index in [9.17, 15) is 31.1 Å². The van der Waals surface area contributed by atoms with Crippen molar-refractivity contribution in [1.82, 2.24) is 10.6 Å². The molecule has 4 rings (SSSR count). The Bertz CT molecular complexity index is 1290. The molecule has 40 heavy (non-hydrogen) atoms. The molecule has 0 aliphatic heterocycles. The molecule has 0 saturated heterocycles. The number of carboxylic acids is 1. The first-order valence-electron chi connectivity index (χ1n) is 12.6. The van der Waals surface area contributed by atoms with Gasteiger partial charge in [0.2, 0.25) is 0 Å². The van der Waals surface area contributed by atoms with Gasteiger partial charge in [0, 0.05) is 25.2 Å². The van der Waals surface area contributed by atoms with Gasteiger partial charge in [0.1, 0.15) is 17.4 Å². The topological polar surface area (TPSA) is 70.6 Å². The highest BCUT2D eigenvalue weighted by Gasteiger charge is 2.44. The number of halogens is 6. The van der Waals surface area contributed by atoms with Gasteiger partial charge in [0.25, 0.3) is 0 Å². The number of nitrogens with one attached hydrogen (secondary N) is 2. The highest BCUT2D eigenvalue weighted by atomic mass is 19.3. The minimum atomic E-state index is -4.85. The zero-order chi connectivity index (χ0) is 28.9. The number of rotatable bonds is 13. The second-order valence-electron chi connectivity index (χ2n) is 9.90. The molecule has 1 fully saturated rings. The fraction of sp³-hybridized carbons (Fsp3) is 0.345. The lowest BCUT2D eigenvalue weighted by Crippen LogP contribution is -2.53. The van der Waals surface area contributed by atoms with Crippen molar-refractivity contribution in [2.24, 2.45) is 5.92 Å². The van der Waals surface area contributed by atoms with E-state index in [2.05, 4.69) is 15.4 Å². The molecule has 3 aromatic rings. The normalized spacial score (nSPS) is 18.7. The molecule has 0 aromatic heterocycles. The quantitative estimate of drug-likeness (QED) is 0.173. The van der Waals surface area contributed by atoms with E-state index >= 15 is 0 Å². The van der Waals surface area contributed by atoms with Crippen LogP contribution in [0.2, 0.25) is 0 Å². The van der Waals surface area contributed by atoms with Crippen LogP contribution in [0.3, 0.4) is 0 Å². The zero-order valence-corrected chi connectivity index (χ0v) is 21.2. The molecule has 0 heterocycles. The van der Waals surface area contributed by atoms with Gasteiger partial charge in [-0.05, 0) is 66.1 Å². The SMILES string of the molecule is O=C(O)CC1CC(NCN[C@](Cc2ccccc2)(c2ccc(F)cc2)c2cc(F)cc(OC(F)(F)C(F)F)c2)C1. The van der Waals surface area contributed by atoms with Crippen LogP contribution in [0.4, 0.5) is 26.3 Å². The molecule has 214 valence electrons. The summed E-state index contributed by atoms with van der Waals surface area (Å²) in [6, 6.07) is 17.0. The number of alkyl halides is 4. The lowest BCUT2D eigenvalue weighted by atomic mass is 9.77. The number of benzene rings is 3.